The molecule has 0 rings (SSSR count). The van der Waals surface area contributed by atoms with Gasteiger partial charge in [-0.3, -0.25) is 18.6 Å². The third kappa shape index (κ3) is 56.2. The molecule has 0 saturated carbocycles. The topological polar surface area (TPSA) is 108 Å². The Labute approximate surface area is 429 Å². The maximum Gasteiger partial charge on any atom is 0.472 e. The van der Waals surface area contributed by atoms with Crippen LogP contribution in [0.2, 0.25) is 0 Å². The van der Waals surface area contributed by atoms with Crippen LogP contribution in [0.5, 0.6) is 0 Å². The number of unbranched alkanes of at least 4 members (excludes halogenated alkanes) is 43. The predicted molar refractivity (Wildman–Crippen MR) is 294 cm³/mol. The molecule has 0 bridgehead atoms. The predicted octanol–water partition coefficient (Wildman–Crippen LogP) is 18.7. The monoisotopic (exact) mass is 1000 g/mol. The molecule has 2 unspecified atom stereocenters. The molecule has 0 radical (unpaired) electrons. The van der Waals surface area contributed by atoms with Crippen molar-refractivity contribution < 1.29 is 42.1 Å². The lowest BCUT2D eigenvalue weighted by Gasteiger charge is -2.24. The van der Waals surface area contributed by atoms with E-state index in [1.165, 1.54) is 250 Å². The summed E-state index contributed by atoms with van der Waals surface area (Å²) in [4.78, 5) is 35.3. The molecule has 0 aliphatic carbocycles. The summed E-state index contributed by atoms with van der Waals surface area (Å²) in [6.45, 7) is 4.41. The van der Waals surface area contributed by atoms with Gasteiger partial charge < -0.3 is 18.9 Å². The minimum absolute atomic E-state index is 0.0365. The number of quaternary nitrogens is 1. The Morgan fingerprint density at radius 2 is 0.652 bits per heavy atom. The maximum atomic E-state index is 12.7. The molecule has 69 heavy (non-hydrogen) atoms. The smallest absolute Gasteiger partial charge is 0.462 e. The van der Waals surface area contributed by atoms with Crippen LogP contribution in [-0.2, 0) is 32.7 Å². The molecule has 10 heteroatoms. The van der Waals surface area contributed by atoms with E-state index in [4.69, 9.17) is 18.5 Å². The Hall–Kier alpha value is -0.990. The number of nitrogens with zero attached hydrogens (tertiary/aromatic N) is 1. The van der Waals surface area contributed by atoms with Gasteiger partial charge in [0.2, 0.25) is 0 Å². The number of hydrogen-bond acceptors (Lipinski definition) is 7. The van der Waals surface area contributed by atoms with Gasteiger partial charge >= 0.3 is 19.8 Å². The molecule has 0 saturated heterocycles. The Morgan fingerprint density at radius 1 is 0.391 bits per heavy atom. The zero-order valence-electron chi connectivity index (χ0n) is 46.8. The van der Waals surface area contributed by atoms with Gasteiger partial charge in [-0.15, -0.1) is 0 Å². The van der Waals surface area contributed by atoms with Crippen molar-refractivity contribution in [2.75, 3.05) is 47.5 Å². The van der Waals surface area contributed by atoms with E-state index in [-0.39, 0.29) is 25.6 Å². The molecule has 1 N–H and O–H groups in total. The third-order valence-electron chi connectivity index (χ3n) is 13.9. The highest BCUT2D eigenvalue weighted by atomic mass is 31.2. The Bertz CT molecular complexity index is 1130. The molecule has 0 amide bonds. The summed E-state index contributed by atoms with van der Waals surface area (Å²) in [6.07, 6.45) is 59.8. The molecule has 0 heterocycles. The van der Waals surface area contributed by atoms with Crippen LogP contribution in [0.15, 0.2) is 0 Å². The summed E-state index contributed by atoms with van der Waals surface area (Å²) in [6, 6.07) is 0. The van der Waals surface area contributed by atoms with Crippen LogP contribution in [0.1, 0.15) is 316 Å². The summed E-state index contributed by atoms with van der Waals surface area (Å²) in [5.41, 5.74) is 0. The number of phosphoric ester groups is 1. The summed E-state index contributed by atoms with van der Waals surface area (Å²) in [5, 5.41) is 0. The van der Waals surface area contributed by atoms with Gasteiger partial charge in [0, 0.05) is 12.8 Å². The van der Waals surface area contributed by atoms with Crippen LogP contribution < -0.4 is 0 Å². The van der Waals surface area contributed by atoms with Crippen LogP contribution in [0.4, 0.5) is 0 Å². The molecular weight excluding hydrogens is 882 g/mol. The first-order chi connectivity index (χ1) is 33.5. The Kier molecular flexibility index (Phi) is 51.1. The van der Waals surface area contributed by atoms with Crippen molar-refractivity contribution in [2.45, 2.75) is 322 Å². The number of hydrogen-bond donors (Lipinski definition) is 1. The van der Waals surface area contributed by atoms with Crippen molar-refractivity contribution in [3.8, 4) is 0 Å². The van der Waals surface area contributed by atoms with Crippen LogP contribution in [0, 0.1) is 0 Å². The van der Waals surface area contributed by atoms with Crippen molar-refractivity contribution in [1.29, 1.82) is 0 Å². The Morgan fingerprint density at radius 3 is 0.928 bits per heavy atom. The van der Waals surface area contributed by atoms with Gasteiger partial charge in [-0.1, -0.05) is 290 Å². The molecule has 0 fully saturated rings. The average Bonchev–Trinajstić information content (AvgIpc) is 3.31. The second-order valence-electron chi connectivity index (χ2n) is 22.1. The van der Waals surface area contributed by atoms with Crippen LogP contribution in [-0.4, -0.2) is 74.9 Å². The third-order valence-corrected chi connectivity index (χ3v) is 14.9. The fourth-order valence-electron chi connectivity index (χ4n) is 9.20. The number of carbonyl (C=O) groups excluding carboxylic acids is 2. The molecular formula is C59H119NO8P+. The van der Waals surface area contributed by atoms with E-state index >= 15 is 0 Å². The minimum atomic E-state index is -4.36. The maximum absolute atomic E-state index is 12.7. The molecule has 0 aromatic heterocycles. The number of esters is 2. The number of phosphoric acid groups is 1. The fraction of sp³-hybridized carbons (Fsp3) is 0.966. The second-order valence-corrected chi connectivity index (χ2v) is 23.6. The lowest BCUT2D eigenvalue weighted by atomic mass is 10.0. The normalized spacial score (nSPS) is 13.2. The second kappa shape index (κ2) is 51.9. The first kappa shape index (κ1) is 68.0. The first-order valence-corrected chi connectivity index (χ1v) is 31.8. The van der Waals surface area contributed by atoms with E-state index in [1.54, 1.807) is 0 Å². The average molecular weight is 1000 g/mol. The largest absolute Gasteiger partial charge is 0.472 e. The summed E-state index contributed by atoms with van der Waals surface area (Å²) < 4.78 is 34.3. The van der Waals surface area contributed by atoms with Gasteiger partial charge in [0.1, 0.15) is 19.8 Å². The quantitative estimate of drug-likeness (QED) is 0.0278. The van der Waals surface area contributed by atoms with Crippen molar-refractivity contribution in [2.24, 2.45) is 0 Å². The number of ether oxygens (including phenoxy) is 2. The molecule has 0 aromatic rings. The van der Waals surface area contributed by atoms with Gasteiger partial charge in [-0.05, 0) is 12.8 Å². The molecule has 2 atom stereocenters. The highest BCUT2D eigenvalue weighted by Crippen LogP contribution is 2.43. The molecule has 0 aliphatic heterocycles. The van der Waals surface area contributed by atoms with Gasteiger partial charge in [0.05, 0.1) is 27.7 Å². The van der Waals surface area contributed by atoms with E-state index in [0.717, 1.165) is 38.5 Å². The zero-order chi connectivity index (χ0) is 50.6. The number of likely N-dealkylation sites (N-methyl/N-ethyl adjacent to an activating group) is 1. The first-order valence-electron chi connectivity index (χ1n) is 30.3. The van der Waals surface area contributed by atoms with E-state index in [9.17, 15) is 19.0 Å². The van der Waals surface area contributed by atoms with Gasteiger partial charge in [-0.2, -0.15) is 0 Å². The van der Waals surface area contributed by atoms with E-state index in [2.05, 4.69) is 13.8 Å². The zero-order valence-corrected chi connectivity index (χ0v) is 47.7. The summed E-state index contributed by atoms with van der Waals surface area (Å²) in [5.74, 6) is -0.791. The lowest BCUT2D eigenvalue weighted by Crippen LogP contribution is -2.37. The Balaban J connectivity index is 3.68. The van der Waals surface area contributed by atoms with Crippen molar-refractivity contribution >= 4 is 19.8 Å². The molecule has 0 aromatic carbocycles. The highest BCUT2D eigenvalue weighted by Gasteiger charge is 2.27. The fourth-order valence-corrected chi connectivity index (χ4v) is 9.94. The minimum Gasteiger partial charge on any atom is -0.462 e. The van der Waals surface area contributed by atoms with Gasteiger partial charge in [0.25, 0.3) is 0 Å². The van der Waals surface area contributed by atoms with Crippen molar-refractivity contribution in [3.63, 3.8) is 0 Å². The van der Waals surface area contributed by atoms with Gasteiger partial charge in [0.15, 0.2) is 6.10 Å². The summed E-state index contributed by atoms with van der Waals surface area (Å²) >= 11 is 0. The molecule has 0 spiro atoms. The summed E-state index contributed by atoms with van der Waals surface area (Å²) in [7, 11) is 1.50. The molecule has 0 aliphatic rings. The van der Waals surface area contributed by atoms with Crippen molar-refractivity contribution in [3.05, 3.63) is 0 Å². The standard InChI is InChI=1S/C59H118NO8P/c1-6-8-10-12-14-15-16-17-18-19-20-21-22-23-24-25-26-27-28-29-30-31-32-33-34-35-36-37-38-39-40-41-42-43-44-45-46-48-50-52-59(62)68-57(55-65-58(61)51-49-47-13-11-9-7-2)56-67-69(63,64)66-54-53-60(3,4)5/h57H,6-56H2,1-5H3/p+1. The van der Waals surface area contributed by atoms with Crippen LogP contribution >= 0.6 is 7.82 Å². The van der Waals surface area contributed by atoms with Gasteiger partial charge in [-0.25, -0.2) is 4.57 Å². The number of carbonyl (C=O) groups is 2. The van der Waals surface area contributed by atoms with Crippen LogP contribution in [0.25, 0.3) is 0 Å². The van der Waals surface area contributed by atoms with E-state index < -0.39 is 26.5 Å². The SMILES string of the molecule is CCCCCCCCCCCCCCCCCCCCCCCCCCCCCCCCCCCCCCCCCC(=O)OC(COC(=O)CCCCCCCC)COP(=O)(O)OCC[N+](C)(C)C. The van der Waals surface area contributed by atoms with Crippen LogP contribution in [0.3, 0.4) is 0 Å². The molecule has 9 nitrogen and oxygen atoms in total. The van der Waals surface area contributed by atoms with E-state index in [1.807, 2.05) is 21.1 Å². The van der Waals surface area contributed by atoms with E-state index in [0.29, 0.717) is 17.4 Å². The number of rotatable bonds is 57. The van der Waals surface area contributed by atoms with Crippen molar-refractivity contribution in [1.82, 2.24) is 0 Å². The molecule has 412 valence electrons. The highest BCUT2D eigenvalue weighted by molar-refractivity contribution is 7.47. The lowest BCUT2D eigenvalue weighted by molar-refractivity contribution is -0.870.